The fraction of sp³-hybridized carbons (Fsp3) is 0.455. The molecule has 2 aromatic rings. The zero-order valence-corrected chi connectivity index (χ0v) is 16.1. The Hall–Kier alpha value is -2.28. The summed E-state index contributed by atoms with van der Waals surface area (Å²) in [5, 5.41) is 13.0. The minimum absolute atomic E-state index is 0.0251. The summed E-state index contributed by atoms with van der Waals surface area (Å²) >= 11 is 0. The van der Waals surface area contributed by atoms with Gasteiger partial charge in [-0.2, -0.15) is 0 Å². The summed E-state index contributed by atoms with van der Waals surface area (Å²) in [4.78, 5) is 17.2. The Bertz CT molecular complexity index is 807. The number of amides is 1. The summed E-state index contributed by atoms with van der Waals surface area (Å²) in [6.45, 7) is 2.66. The van der Waals surface area contributed by atoms with Gasteiger partial charge in [-0.1, -0.05) is 29.8 Å². The van der Waals surface area contributed by atoms with E-state index in [1.165, 1.54) is 5.56 Å². The van der Waals surface area contributed by atoms with Crippen LogP contribution in [0.5, 0.6) is 0 Å². The summed E-state index contributed by atoms with van der Waals surface area (Å²) in [6, 6.07) is 12.2. The van der Waals surface area contributed by atoms with Gasteiger partial charge in [-0.05, 0) is 55.4 Å². The van der Waals surface area contributed by atoms with Gasteiger partial charge in [-0.3, -0.25) is 15.2 Å². The van der Waals surface area contributed by atoms with Crippen LogP contribution in [0.15, 0.2) is 48.8 Å². The second-order valence-corrected chi connectivity index (χ2v) is 8.08. The van der Waals surface area contributed by atoms with E-state index in [0.29, 0.717) is 12.5 Å². The van der Waals surface area contributed by atoms with Gasteiger partial charge in [0.15, 0.2) is 0 Å². The second kappa shape index (κ2) is 8.39. The van der Waals surface area contributed by atoms with Crippen LogP contribution < -0.4 is 16.2 Å². The molecule has 0 radical (unpaired) electrons. The lowest BCUT2D eigenvalue weighted by Gasteiger charge is -2.38. The molecule has 1 aromatic heterocycles. The zero-order valence-electron chi connectivity index (χ0n) is 16.1. The van der Waals surface area contributed by atoms with Crippen LogP contribution in [0, 0.1) is 18.8 Å². The van der Waals surface area contributed by atoms with Crippen molar-refractivity contribution >= 4 is 5.91 Å². The molecule has 2 aliphatic rings. The topological polar surface area (TPSA) is 86.3 Å². The van der Waals surface area contributed by atoms with E-state index in [9.17, 15) is 9.90 Å². The number of hydrazine groups is 1. The van der Waals surface area contributed by atoms with Gasteiger partial charge in [0.25, 0.3) is 0 Å². The minimum Gasteiger partial charge on any atom is -0.393 e. The predicted molar refractivity (Wildman–Crippen MR) is 107 cm³/mol. The predicted octanol–water partition coefficient (Wildman–Crippen LogP) is 1.65. The first-order valence-electron chi connectivity index (χ1n) is 10.0. The first-order valence-corrected chi connectivity index (χ1v) is 10.0. The van der Waals surface area contributed by atoms with Crippen LogP contribution in [0.25, 0.3) is 0 Å². The maximum absolute atomic E-state index is 13.2. The molecular weight excluding hydrogens is 352 g/mol. The average Bonchev–Trinajstić information content (AvgIpc) is 3.16. The number of benzene rings is 1. The maximum Gasteiger partial charge on any atom is 0.226 e. The fourth-order valence-corrected chi connectivity index (χ4v) is 4.28. The van der Waals surface area contributed by atoms with Crippen molar-refractivity contribution in [2.24, 2.45) is 11.8 Å². The molecule has 4 N–H and O–H groups in total. The Kier molecular flexibility index (Phi) is 5.71. The fourth-order valence-electron chi connectivity index (χ4n) is 4.28. The Morgan fingerprint density at radius 1 is 1.29 bits per heavy atom. The number of carbonyl (C=O) groups is 1. The molecule has 148 valence electrons. The molecule has 1 aliphatic heterocycles. The third-order valence-electron chi connectivity index (χ3n) is 5.97. The largest absolute Gasteiger partial charge is 0.393 e. The van der Waals surface area contributed by atoms with Gasteiger partial charge in [-0.25, -0.2) is 5.43 Å². The molecule has 1 saturated carbocycles. The highest BCUT2D eigenvalue weighted by Gasteiger charge is 2.39. The van der Waals surface area contributed by atoms with Gasteiger partial charge >= 0.3 is 0 Å². The molecule has 0 bridgehead atoms. The zero-order chi connectivity index (χ0) is 19.5. The summed E-state index contributed by atoms with van der Waals surface area (Å²) < 4.78 is 0. The lowest BCUT2D eigenvalue weighted by molar-refractivity contribution is -0.126. The van der Waals surface area contributed by atoms with Crippen molar-refractivity contribution in [2.45, 2.75) is 44.4 Å². The van der Waals surface area contributed by atoms with Gasteiger partial charge in [0.2, 0.25) is 5.91 Å². The molecular formula is C22H28N4O2. The molecule has 28 heavy (non-hydrogen) atoms. The van der Waals surface area contributed by atoms with E-state index < -0.39 is 0 Å². The lowest BCUT2D eigenvalue weighted by atomic mass is 9.75. The Balaban J connectivity index is 1.47. The smallest absolute Gasteiger partial charge is 0.226 e. The average molecular weight is 380 g/mol. The van der Waals surface area contributed by atoms with E-state index in [1.54, 1.807) is 12.4 Å². The molecule has 2 heterocycles. The highest BCUT2D eigenvalue weighted by molar-refractivity contribution is 5.80. The van der Waals surface area contributed by atoms with Gasteiger partial charge in [0, 0.05) is 25.0 Å². The molecule has 4 rings (SSSR count). The van der Waals surface area contributed by atoms with Crippen LogP contribution in [0.1, 0.15) is 35.6 Å². The summed E-state index contributed by atoms with van der Waals surface area (Å²) in [7, 11) is 0. The number of hydrogen-bond donors (Lipinski definition) is 4. The first-order chi connectivity index (χ1) is 13.6. The number of aryl methyl sites for hydroxylation is 1. The Labute approximate surface area is 165 Å². The molecule has 6 nitrogen and oxygen atoms in total. The summed E-state index contributed by atoms with van der Waals surface area (Å²) in [6.07, 6.45) is 5.58. The number of carbonyl (C=O) groups excluding carboxylic acids is 1. The number of aromatic nitrogens is 1. The van der Waals surface area contributed by atoms with Crippen molar-refractivity contribution in [3.05, 3.63) is 65.5 Å². The molecule has 1 amide bonds. The van der Waals surface area contributed by atoms with Crippen LogP contribution in [0.4, 0.5) is 0 Å². The molecule has 2 fully saturated rings. The van der Waals surface area contributed by atoms with E-state index >= 15 is 0 Å². The number of rotatable bonds is 6. The van der Waals surface area contributed by atoms with Crippen molar-refractivity contribution in [3.8, 4) is 0 Å². The number of nitrogens with one attached hydrogen (secondary N) is 3. The monoisotopic (exact) mass is 380 g/mol. The third kappa shape index (κ3) is 4.24. The van der Waals surface area contributed by atoms with Crippen LogP contribution in [0.3, 0.4) is 0 Å². The Morgan fingerprint density at radius 3 is 2.79 bits per heavy atom. The van der Waals surface area contributed by atoms with Crippen molar-refractivity contribution in [1.82, 2.24) is 21.2 Å². The van der Waals surface area contributed by atoms with Crippen LogP contribution >= 0.6 is 0 Å². The van der Waals surface area contributed by atoms with Crippen molar-refractivity contribution in [2.75, 3.05) is 6.54 Å². The molecule has 3 unspecified atom stereocenters. The van der Waals surface area contributed by atoms with Gasteiger partial charge in [-0.15, -0.1) is 0 Å². The number of aliphatic hydroxyl groups excluding tert-OH is 1. The van der Waals surface area contributed by atoms with Crippen molar-refractivity contribution in [1.29, 1.82) is 0 Å². The number of hydrogen-bond acceptors (Lipinski definition) is 5. The highest BCUT2D eigenvalue weighted by atomic mass is 16.3. The van der Waals surface area contributed by atoms with Gasteiger partial charge in [0.1, 0.15) is 0 Å². The van der Waals surface area contributed by atoms with Crippen molar-refractivity contribution < 1.29 is 9.90 Å². The summed E-state index contributed by atoms with van der Waals surface area (Å²) in [5.74, 6) is 0.197. The van der Waals surface area contributed by atoms with E-state index in [1.807, 2.05) is 18.2 Å². The third-order valence-corrected chi connectivity index (χ3v) is 5.97. The van der Waals surface area contributed by atoms with Gasteiger partial charge < -0.3 is 10.4 Å². The number of pyridine rings is 1. The van der Waals surface area contributed by atoms with Crippen molar-refractivity contribution in [3.63, 3.8) is 0 Å². The molecule has 1 aliphatic carbocycles. The van der Waals surface area contributed by atoms with Crippen LogP contribution in [-0.2, 0) is 11.2 Å². The van der Waals surface area contributed by atoms with E-state index in [0.717, 1.165) is 30.4 Å². The molecule has 6 heteroatoms. The van der Waals surface area contributed by atoms with Crippen LogP contribution in [0.2, 0.25) is 0 Å². The SMILES string of the molecule is Cc1cccc(C2NNCC2C(=O)NC(Cc2ccncc2)C2CC(O)C2)c1. The molecule has 0 spiro atoms. The second-order valence-electron chi connectivity index (χ2n) is 8.08. The normalized spacial score (nSPS) is 27.8. The first kappa shape index (κ1) is 19.1. The number of aliphatic hydroxyl groups is 1. The molecule has 3 atom stereocenters. The van der Waals surface area contributed by atoms with Crippen LogP contribution in [-0.4, -0.2) is 34.7 Å². The van der Waals surface area contributed by atoms with E-state index in [2.05, 4.69) is 46.3 Å². The summed E-state index contributed by atoms with van der Waals surface area (Å²) in [5.41, 5.74) is 9.87. The maximum atomic E-state index is 13.2. The van der Waals surface area contributed by atoms with E-state index in [4.69, 9.17) is 0 Å². The molecule has 1 saturated heterocycles. The van der Waals surface area contributed by atoms with E-state index in [-0.39, 0.29) is 30.0 Å². The highest BCUT2D eigenvalue weighted by Crippen LogP contribution is 2.33. The molecule has 1 aromatic carbocycles. The number of nitrogens with zero attached hydrogens (tertiary/aromatic N) is 1. The van der Waals surface area contributed by atoms with Gasteiger partial charge in [0.05, 0.1) is 18.1 Å². The quantitative estimate of drug-likeness (QED) is 0.612. The minimum atomic E-state index is -0.239. The standard InChI is InChI=1S/C22H28N4O2/c1-14-3-2-4-16(9-14)21-19(13-24-26-21)22(28)25-20(17-11-18(27)12-17)10-15-5-7-23-8-6-15/h2-9,17-21,24,26-27H,10-13H2,1H3,(H,25,28). The lowest BCUT2D eigenvalue weighted by Crippen LogP contribution is -2.50. The Morgan fingerprint density at radius 2 is 2.07 bits per heavy atom.